The Kier molecular flexibility index (Phi) is 9.08. The number of aromatic nitrogens is 2. The summed E-state index contributed by atoms with van der Waals surface area (Å²) in [5.41, 5.74) is 6.61. The van der Waals surface area contributed by atoms with Crippen molar-refractivity contribution in [3.63, 3.8) is 0 Å². The van der Waals surface area contributed by atoms with E-state index in [0.29, 0.717) is 51.6 Å². The van der Waals surface area contributed by atoms with Crippen molar-refractivity contribution >= 4 is 56.6 Å². The Morgan fingerprint density at radius 1 is 0.845 bits per heavy atom. The highest BCUT2D eigenvalue weighted by atomic mass is 35.5. The number of H-pyrrole nitrogens is 1. The lowest BCUT2D eigenvalue weighted by Gasteiger charge is -2.41. The number of fused-ring (bicyclic) bond motifs is 4. The van der Waals surface area contributed by atoms with Gasteiger partial charge in [-0.1, -0.05) is 54.1 Å². The molecule has 0 spiro atoms. The van der Waals surface area contributed by atoms with Crippen molar-refractivity contribution in [1.29, 1.82) is 0 Å². The second-order valence-electron chi connectivity index (χ2n) is 15.3. The van der Waals surface area contributed by atoms with Gasteiger partial charge in [-0.15, -0.1) is 0 Å². The molecule has 7 aromatic rings. The predicted octanol–water partition coefficient (Wildman–Crippen LogP) is 7.99. The molecule has 5 aromatic carbocycles. The number of likely N-dealkylation sites (N-methyl/N-ethyl adjacent to an activating group) is 1. The summed E-state index contributed by atoms with van der Waals surface area (Å²) in [5.74, 6) is 0.505. The number of aromatic amines is 1. The van der Waals surface area contributed by atoms with Crippen LogP contribution >= 0.6 is 11.6 Å². The third-order valence-electron chi connectivity index (χ3n) is 11.8. The number of aromatic hydroxyl groups is 1. The zero-order chi connectivity index (χ0) is 39.5. The Balaban J connectivity index is 1.09. The van der Waals surface area contributed by atoms with Crippen molar-refractivity contribution in [3.05, 3.63) is 143 Å². The predicted molar refractivity (Wildman–Crippen MR) is 225 cm³/mol. The molecule has 3 aliphatic heterocycles. The molecule has 5 heterocycles. The maximum atomic E-state index is 15.3. The van der Waals surface area contributed by atoms with E-state index in [-0.39, 0.29) is 35.4 Å². The van der Waals surface area contributed by atoms with Gasteiger partial charge in [0.25, 0.3) is 11.8 Å². The van der Waals surface area contributed by atoms with Gasteiger partial charge in [0.05, 0.1) is 33.0 Å². The number of rotatable bonds is 7. The first kappa shape index (κ1) is 36.1. The molecule has 0 bridgehead atoms. The fraction of sp³-hybridized carbons (Fsp3) is 0.217. The Bertz CT molecular complexity index is 2730. The van der Waals surface area contributed by atoms with Gasteiger partial charge in [-0.3, -0.25) is 19.4 Å². The summed E-state index contributed by atoms with van der Waals surface area (Å²) in [6, 6.07) is 32.1. The average Bonchev–Trinajstić information content (AvgIpc) is 4.01. The number of halogens is 1. The number of amides is 2. The zero-order valence-electron chi connectivity index (χ0n) is 31.9. The van der Waals surface area contributed by atoms with Crippen LogP contribution in [0.1, 0.15) is 31.8 Å². The normalized spacial score (nSPS) is 16.9. The molecule has 2 amide bonds. The first-order valence-electron chi connectivity index (χ1n) is 19.5. The summed E-state index contributed by atoms with van der Waals surface area (Å²) in [4.78, 5) is 42.1. The van der Waals surface area contributed by atoms with Crippen LogP contribution in [-0.4, -0.2) is 93.8 Å². The SMILES string of the molecule is CN1CCN(C[C@@H]2Cc3ccccc3CN2C(=O)c2cc3c(cc2-n2cc(C(=O)N(c4ccc(O)c(Cl)c4)c4ccc5[nH]ccc5c4)c4ccccc42)OCO3)CC1. The van der Waals surface area contributed by atoms with Crippen LogP contribution in [-0.2, 0) is 13.0 Å². The van der Waals surface area contributed by atoms with E-state index in [1.807, 2.05) is 76.3 Å². The van der Waals surface area contributed by atoms with E-state index in [9.17, 15) is 5.11 Å². The molecule has 58 heavy (non-hydrogen) atoms. The minimum absolute atomic E-state index is 0.0430. The standard InChI is InChI=1S/C46H41ClN6O5/c1-49-16-18-50(19-17-49)26-34-20-29-6-2-3-7-31(29)25-51(34)45(55)36-23-43-44(58-28-57-43)24-41(36)52-27-37(35-8-4-5-9-40(35)52)46(56)53(33-11-13-42(54)38(47)22-33)32-10-12-39-30(21-32)14-15-48-39/h2-15,21-24,27,34,48,54H,16-20,25-26,28H2,1H3/t34-/m0/s1. The largest absolute Gasteiger partial charge is 0.506 e. The molecule has 10 rings (SSSR count). The van der Waals surface area contributed by atoms with Crippen LogP contribution < -0.4 is 14.4 Å². The quantitative estimate of drug-likeness (QED) is 0.169. The lowest BCUT2D eigenvalue weighted by Crippen LogP contribution is -2.53. The van der Waals surface area contributed by atoms with E-state index in [1.165, 1.54) is 11.6 Å². The number of ether oxygens (including phenoxy) is 2. The monoisotopic (exact) mass is 792 g/mol. The van der Waals surface area contributed by atoms with Crippen LogP contribution in [0.15, 0.2) is 116 Å². The summed E-state index contributed by atoms with van der Waals surface area (Å²) in [5, 5.41) is 12.1. The third kappa shape index (κ3) is 6.41. The van der Waals surface area contributed by atoms with Crippen molar-refractivity contribution in [2.75, 3.05) is 51.5 Å². The fourth-order valence-corrected chi connectivity index (χ4v) is 8.82. The van der Waals surface area contributed by atoms with Gasteiger partial charge < -0.3 is 33.9 Å². The first-order chi connectivity index (χ1) is 28.3. The molecule has 1 atom stereocenters. The second-order valence-corrected chi connectivity index (χ2v) is 15.7. The van der Waals surface area contributed by atoms with Crippen LogP contribution in [0.3, 0.4) is 0 Å². The Hall–Kier alpha value is -6.27. The minimum atomic E-state index is -0.319. The van der Waals surface area contributed by atoms with E-state index in [1.54, 1.807) is 29.3 Å². The molecule has 292 valence electrons. The molecule has 12 heteroatoms. The van der Waals surface area contributed by atoms with E-state index in [0.717, 1.165) is 61.1 Å². The summed E-state index contributed by atoms with van der Waals surface area (Å²) < 4.78 is 13.7. The summed E-state index contributed by atoms with van der Waals surface area (Å²) >= 11 is 6.45. The van der Waals surface area contributed by atoms with Gasteiger partial charge >= 0.3 is 0 Å². The number of phenols is 1. The molecule has 2 N–H and O–H groups in total. The number of benzene rings is 5. The molecule has 0 aliphatic carbocycles. The maximum absolute atomic E-state index is 15.3. The maximum Gasteiger partial charge on any atom is 0.265 e. The van der Waals surface area contributed by atoms with Crippen molar-refractivity contribution in [3.8, 4) is 22.9 Å². The van der Waals surface area contributed by atoms with Crippen LogP contribution in [0, 0.1) is 0 Å². The minimum Gasteiger partial charge on any atom is -0.506 e. The van der Waals surface area contributed by atoms with Gasteiger partial charge in [-0.25, -0.2) is 0 Å². The summed E-state index contributed by atoms with van der Waals surface area (Å²) in [6.07, 6.45) is 4.41. The summed E-state index contributed by atoms with van der Waals surface area (Å²) in [6.45, 7) is 5.17. The van der Waals surface area contributed by atoms with Gasteiger partial charge in [0.15, 0.2) is 11.5 Å². The molecule has 0 radical (unpaired) electrons. The summed E-state index contributed by atoms with van der Waals surface area (Å²) in [7, 11) is 2.15. The lowest BCUT2D eigenvalue weighted by atomic mass is 9.92. The van der Waals surface area contributed by atoms with Crippen LogP contribution in [0.5, 0.6) is 17.2 Å². The van der Waals surface area contributed by atoms with Crippen molar-refractivity contribution in [2.24, 2.45) is 0 Å². The number of nitrogens with zero attached hydrogens (tertiary/aromatic N) is 5. The van der Waals surface area contributed by atoms with Crippen molar-refractivity contribution < 1.29 is 24.2 Å². The van der Waals surface area contributed by atoms with E-state index in [2.05, 4.69) is 40.0 Å². The van der Waals surface area contributed by atoms with Crippen LogP contribution in [0.4, 0.5) is 11.4 Å². The highest BCUT2D eigenvalue weighted by Gasteiger charge is 2.35. The Morgan fingerprint density at radius 2 is 1.59 bits per heavy atom. The highest BCUT2D eigenvalue weighted by molar-refractivity contribution is 6.32. The van der Waals surface area contributed by atoms with Gasteiger partial charge in [0.1, 0.15) is 5.75 Å². The third-order valence-corrected chi connectivity index (χ3v) is 12.1. The van der Waals surface area contributed by atoms with Crippen LogP contribution in [0.25, 0.3) is 27.5 Å². The number of carbonyl (C=O) groups excluding carboxylic acids is 2. The molecule has 2 aromatic heterocycles. The number of hydrogen-bond acceptors (Lipinski definition) is 7. The molecule has 0 saturated carbocycles. The molecule has 1 saturated heterocycles. The lowest BCUT2D eigenvalue weighted by molar-refractivity contribution is 0.0535. The molecular formula is C46H41ClN6O5. The number of nitrogens with one attached hydrogen (secondary N) is 1. The van der Waals surface area contributed by atoms with E-state index < -0.39 is 0 Å². The molecule has 11 nitrogen and oxygen atoms in total. The average molecular weight is 793 g/mol. The Labute approximate surface area is 340 Å². The van der Waals surface area contributed by atoms with E-state index in [4.69, 9.17) is 21.1 Å². The molecule has 3 aliphatic rings. The topological polar surface area (TPSA) is 107 Å². The van der Waals surface area contributed by atoms with Gasteiger partial charge in [0.2, 0.25) is 6.79 Å². The number of para-hydroxylation sites is 1. The number of piperazine rings is 1. The van der Waals surface area contributed by atoms with Crippen molar-refractivity contribution in [1.82, 2.24) is 24.3 Å². The smallest absolute Gasteiger partial charge is 0.265 e. The number of anilines is 2. The van der Waals surface area contributed by atoms with Gasteiger partial charge in [0, 0.05) is 85.7 Å². The van der Waals surface area contributed by atoms with Gasteiger partial charge in [-0.05, 0) is 79.2 Å². The van der Waals surface area contributed by atoms with E-state index >= 15 is 9.59 Å². The second kappa shape index (κ2) is 14.6. The molecule has 0 unspecified atom stereocenters. The highest BCUT2D eigenvalue weighted by Crippen LogP contribution is 2.41. The molecule has 1 fully saturated rings. The first-order valence-corrected chi connectivity index (χ1v) is 19.9. The number of carbonyl (C=O) groups is 2. The van der Waals surface area contributed by atoms with Crippen LogP contribution in [0.2, 0.25) is 5.02 Å². The van der Waals surface area contributed by atoms with Crippen molar-refractivity contribution in [2.45, 2.75) is 19.0 Å². The van der Waals surface area contributed by atoms with Gasteiger partial charge in [-0.2, -0.15) is 0 Å². The number of hydrogen-bond donors (Lipinski definition) is 2. The molecular weight excluding hydrogens is 752 g/mol. The number of phenolic OH excluding ortho intramolecular Hbond substituents is 1. The fourth-order valence-electron chi connectivity index (χ4n) is 8.64. The Morgan fingerprint density at radius 3 is 2.41 bits per heavy atom. The zero-order valence-corrected chi connectivity index (χ0v) is 32.7.